The second-order valence-electron chi connectivity index (χ2n) is 3.38. The number of allylic oxidation sites excluding steroid dienone is 2. The molecule has 0 atom stereocenters. The van der Waals surface area contributed by atoms with E-state index in [-0.39, 0.29) is 0 Å². The minimum Gasteiger partial charge on any atom is -0.296 e. The maximum Gasteiger partial charge on any atom is 0.0277 e. The lowest BCUT2D eigenvalue weighted by atomic mass is 9.79. The summed E-state index contributed by atoms with van der Waals surface area (Å²) in [5, 5.41) is 0. The Hall–Kier alpha value is -0.590. The van der Waals surface area contributed by atoms with Crippen LogP contribution in [0.5, 0.6) is 0 Å². The first-order valence-corrected chi connectivity index (χ1v) is 4.35. The van der Waals surface area contributed by atoms with Crippen molar-refractivity contribution < 1.29 is 0 Å². The second-order valence-corrected chi connectivity index (χ2v) is 3.38. The Labute approximate surface area is 69.2 Å². The molecule has 0 unspecified atom stereocenters. The fraction of sp³-hybridized carbons (Fsp3) is 0.700. The number of rotatable bonds is 2. The van der Waals surface area contributed by atoms with Crippen molar-refractivity contribution in [3.8, 4) is 0 Å². The van der Waals surface area contributed by atoms with Gasteiger partial charge in [0, 0.05) is 13.3 Å². The van der Waals surface area contributed by atoms with Crippen molar-refractivity contribution in [3.63, 3.8) is 0 Å². The van der Waals surface area contributed by atoms with E-state index in [1.165, 1.54) is 24.8 Å². The van der Waals surface area contributed by atoms with Gasteiger partial charge in [-0.3, -0.25) is 4.99 Å². The molecule has 62 valence electrons. The van der Waals surface area contributed by atoms with E-state index in [2.05, 4.69) is 18.8 Å². The molecule has 1 aliphatic carbocycles. The number of hydrogen-bond donors (Lipinski definition) is 0. The Kier molecular flexibility index (Phi) is 2.86. The minimum atomic E-state index is 0.869. The molecule has 1 nitrogen and oxygen atoms in total. The predicted molar refractivity (Wildman–Crippen MR) is 50.1 cm³/mol. The molecule has 0 aromatic carbocycles. The van der Waals surface area contributed by atoms with Crippen LogP contribution in [0.2, 0.25) is 0 Å². The second kappa shape index (κ2) is 3.70. The molecule has 1 heteroatoms. The van der Waals surface area contributed by atoms with Gasteiger partial charge < -0.3 is 0 Å². The molecule has 0 aliphatic heterocycles. The smallest absolute Gasteiger partial charge is 0.0277 e. The van der Waals surface area contributed by atoms with E-state index in [0.717, 1.165) is 5.92 Å². The molecule has 1 aliphatic rings. The van der Waals surface area contributed by atoms with Crippen molar-refractivity contribution in [2.75, 3.05) is 7.05 Å². The van der Waals surface area contributed by atoms with Crippen molar-refractivity contribution in [1.82, 2.24) is 0 Å². The summed E-state index contributed by atoms with van der Waals surface area (Å²) in [6, 6.07) is 0. The van der Waals surface area contributed by atoms with Crippen LogP contribution in [0, 0.1) is 5.92 Å². The van der Waals surface area contributed by atoms with Gasteiger partial charge in [-0.2, -0.15) is 0 Å². The molecule has 0 aromatic rings. The van der Waals surface area contributed by atoms with E-state index in [1.54, 1.807) is 5.57 Å². The third-order valence-corrected chi connectivity index (χ3v) is 2.66. The van der Waals surface area contributed by atoms with Crippen molar-refractivity contribution in [1.29, 1.82) is 0 Å². The summed E-state index contributed by atoms with van der Waals surface area (Å²) >= 11 is 0. The molecule has 11 heavy (non-hydrogen) atoms. The highest BCUT2D eigenvalue weighted by molar-refractivity contribution is 5.78. The molecule has 0 heterocycles. The molecule has 0 N–H and O–H groups in total. The van der Waals surface area contributed by atoms with E-state index in [9.17, 15) is 0 Å². The highest BCUT2D eigenvalue weighted by atomic mass is 14.6. The standard InChI is InChI=1S/C10H17N/c1-8(7-11-3)9(2)10-5-4-6-10/h7,10H,4-6H2,1-3H3/b9-8+,11-7?. The zero-order valence-corrected chi connectivity index (χ0v) is 7.72. The Morgan fingerprint density at radius 3 is 2.36 bits per heavy atom. The molecule has 0 amide bonds. The fourth-order valence-electron chi connectivity index (χ4n) is 1.46. The van der Waals surface area contributed by atoms with E-state index in [4.69, 9.17) is 0 Å². The summed E-state index contributed by atoms with van der Waals surface area (Å²) in [6.45, 7) is 4.39. The van der Waals surface area contributed by atoms with Crippen LogP contribution in [0.3, 0.4) is 0 Å². The summed E-state index contributed by atoms with van der Waals surface area (Å²) in [5.41, 5.74) is 2.90. The summed E-state index contributed by atoms with van der Waals surface area (Å²) in [5.74, 6) is 0.869. The van der Waals surface area contributed by atoms with Crippen molar-refractivity contribution in [2.24, 2.45) is 10.9 Å². The van der Waals surface area contributed by atoms with Gasteiger partial charge in [-0.05, 0) is 38.2 Å². The van der Waals surface area contributed by atoms with Gasteiger partial charge in [0.2, 0.25) is 0 Å². The molecule has 1 rings (SSSR count). The Morgan fingerprint density at radius 1 is 1.36 bits per heavy atom. The zero-order chi connectivity index (χ0) is 8.27. The van der Waals surface area contributed by atoms with E-state index >= 15 is 0 Å². The lowest BCUT2D eigenvalue weighted by Gasteiger charge is -2.27. The van der Waals surface area contributed by atoms with Gasteiger partial charge in [-0.25, -0.2) is 0 Å². The molecule has 0 saturated heterocycles. The van der Waals surface area contributed by atoms with Gasteiger partial charge >= 0.3 is 0 Å². The maximum atomic E-state index is 4.01. The van der Waals surface area contributed by atoms with Crippen molar-refractivity contribution >= 4 is 6.21 Å². The van der Waals surface area contributed by atoms with Crippen LogP contribution in [-0.2, 0) is 0 Å². The average molecular weight is 151 g/mol. The highest BCUT2D eigenvalue weighted by Gasteiger charge is 2.19. The van der Waals surface area contributed by atoms with Crippen LogP contribution < -0.4 is 0 Å². The molecule has 0 radical (unpaired) electrons. The number of aliphatic imine (C=N–C) groups is 1. The van der Waals surface area contributed by atoms with Gasteiger partial charge in [-0.1, -0.05) is 12.0 Å². The Bertz CT molecular complexity index is 185. The van der Waals surface area contributed by atoms with E-state index < -0.39 is 0 Å². The first-order valence-electron chi connectivity index (χ1n) is 4.35. The van der Waals surface area contributed by atoms with Gasteiger partial charge in [0.15, 0.2) is 0 Å². The van der Waals surface area contributed by atoms with Gasteiger partial charge in [-0.15, -0.1) is 0 Å². The normalized spacial score (nSPS) is 21.7. The number of hydrogen-bond acceptors (Lipinski definition) is 1. The average Bonchev–Trinajstić information content (AvgIpc) is 1.84. The quantitative estimate of drug-likeness (QED) is 0.538. The third-order valence-electron chi connectivity index (χ3n) is 2.66. The molecule has 0 aromatic heterocycles. The highest BCUT2D eigenvalue weighted by Crippen LogP contribution is 2.33. The van der Waals surface area contributed by atoms with Crippen LogP contribution in [-0.4, -0.2) is 13.3 Å². The van der Waals surface area contributed by atoms with E-state index in [0.29, 0.717) is 0 Å². The molecule has 1 fully saturated rings. The van der Waals surface area contributed by atoms with E-state index in [1.807, 2.05) is 13.3 Å². The molecular formula is C10H17N. The predicted octanol–water partition coefficient (Wildman–Crippen LogP) is 2.82. The molecular weight excluding hydrogens is 134 g/mol. The van der Waals surface area contributed by atoms with Crippen LogP contribution >= 0.6 is 0 Å². The van der Waals surface area contributed by atoms with Gasteiger partial charge in [0.05, 0.1) is 0 Å². The first kappa shape index (κ1) is 8.51. The monoisotopic (exact) mass is 151 g/mol. The summed E-state index contributed by atoms with van der Waals surface area (Å²) in [7, 11) is 1.83. The summed E-state index contributed by atoms with van der Waals surface area (Å²) in [6.07, 6.45) is 6.16. The van der Waals surface area contributed by atoms with Crippen molar-refractivity contribution in [3.05, 3.63) is 11.1 Å². The largest absolute Gasteiger partial charge is 0.296 e. The zero-order valence-electron chi connectivity index (χ0n) is 7.72. The summed E-state index contributed by atoms with van der Waals surface area (Å²) in [4.78, 5) is 4.01. The van der Waals surface area contributed by atoms with Crippen LogP contribution in [0.15, 0.2) is 16.1 Å². The van der Waals surface area contributed by atoms with Crippen LogP contribution in [0.25, 0.3) is 0 Å². The third kappa shape index (κ3) is 1.92. The van der Waals surface area contributed by atoms with Crippen molar-refractivity contribution in [2.45, 2.75) is 33.1 Å². The SMILES string of the molecule is CN=C/C(C)=C(\C)C1CCC1. The van der Waals surface area contributed by atoms with Crippen LogP contribution in [0.4, 0.5) is 0 Å². The summed E-state index contributed by atoms with van der Waals surface area (Å²) < 4.78 is 0. The lowest BCUT2D eigenvalue weighted by Crippen LogP contribution is -2.13. The van der Waals surface area contributed by atoms with Gasteiger partial charge in [0.25, 0.3) is 0 Å². The van der Waals surface area contributed by atoms with Crippen LogP contribution in [0.1, 0.15) is 33.1 Å². The topological polar surface area (TPSA) is 12.4 Å². The van der Waals surface area contributed by atoms with Gasteiger partial charge in [0.1, 0.15) is 0 Å². The number of nitrogens with zero attached hydrogens (tertiary/aromatic N) is 1. The maximum absolute atomic E-state index is 4.01. The molecule has 0 bridgehead atoms. The lowest BCUT2D eigenvalue weighted by molar-refractivity contribution is 0.366. The molecule has 1 saturated carbocycles. The fourth-order valence-corrected chi connectivity index (χ4v) is 1.46. The molecule has 0 spiro atoms. The minimum absolute atomic E-state index is 0.869. The Balaban J connectivity index is 2.60. The Morgan fingerprint density at radius 2 is 2.00 bits per heavy atom. The first-order chi connectivity index (χ1) is 5.25.